The van der Waals surface area contributed by atoms with E-state index in [-0.39, 0.29) is 18.0 Å². The van der Waals surface area contributed by atoms with Gasteiger partial charge in [-0.15, -0.1) is 0 Å². The van der Waals surface area contributed by atoms with Crippen molar-refractivity contribution in [3.63, 3.8) is 0 Å². The maximum atomic E-state index is 13.4. The molecule has 0 aliphatic carbocycles. The minimum Gasteiger partial charge on any atom is -0.374 e. The summed E-state index contributed by atoms with van der Waals surface area (Å²) in [5, 5.41) is 0.398. The molecule has 5 heteroatoms. The molecule has 2 unspecified atom stereocenters. The van der Waals surface area contributed by atoms with Crippen molar-refractivity contribution in [1.29, 1.82) is 0 Å². The highest BCUT2D eigenvalue weighted by molar-refractivity contribution is 6.30. The Labute approximate surface area is 105 Å². The Hall–Kier alpha value is -0.680. The fourth-order valence-electron chi connectivity index (χ4n) is 2.27. The lowest BCUT2D eigenvalue weighted by Crippen LogP contribution is -2.46. The van der Waals surface area contributed by atoms with Crippen LogP contribution in [0.5, 0.6) is 0 Å². The highest BCUT2D eigenvalue weighted by atomic mass is 35.5. The molecule has 2 rings (SSSR count). The van der Waals surface area contributed by atoms with E-state index >= 15 is 0 Å². The Balaban J connectivity index is 2.34. The summed E-state index contributed by atoms with van der Waals surface area (Å²) >= 11 is 5.88. The molecule has 0 amide bonds. The molecule has 1 heterocycles. The van der Waals surface area contributed by atoms with Crippen LogP contribution >= 0.6 is 11.6 Å². The maximum Gasteiger partial charge on any atom is 0.125 e. The van der Waals surface area contributed by atoms with Crippen LogP contribution in [0.3, 0.4) is 0 Å². The molecule has 0 saturated carbocycles. The third-order valence-electron chi connectivity index (χ3n) is 3.06. The van der Waals surface area contributed by atoms with Crippen LogP contribution in [0.25, 0.3) is 0 Å². The van der Waals surface area contributed by atoms with Gasteiger partial charge in [-0.2, -0.15) is 0 Å². The van der Waals surface area contributed by atoms with E-state index in [9.17, 15) is 4.39 Å². The van der Waals surface area contributed by atoms with Gasteiger partial charge in [0.1, 0.15) is 5.82 Å². The van der Waals surface area contributed by atoms with Crippen LogP contribution in [0, 0.1) is 5.82 Å². The third kappa shape index (κ3) is 2.77. The number of hydrogen-bond acceptors (Lipinski definition) is 3. The molecule has 0 aromatic heterocycles. The quantitative estimate of drug-likeness (QED) is 0.879. The Morgan fingerprint density at radius 3 is 2.94 bits per heavy atom. The zero-order valence-corrected chi connectivity index (χ0v) is 10.5. The van der Waals surface area contributed by atoms with Gasteiger partial charge in [-0.25, -0.2) is 4.39 Å². The minimum absolute atomic E-state index is 0.0399. The molecule has 1 aromatic rings. The van der Waals surface area contributed by atoms with E-state index in [1.165, 1.54) is 12.1 Å². The Morgan fingerprint density at radius 1 is 1.53 bits per heavy atom. The number of nitrogens with two attached hydrogens (primary N) is 1. The van der Waals surface area contributed by atoms with Crippen molar-refractivity contribution in [2.75, 3.05) is 26.7 Å². The summed E-state index contributed by atoms with van der Waals surface area (Å²) in [4.78, 5) is 2.12. The fraction of sp³-hybridized carbons (Fsp3) is 0.500. The van der Waals surface area contributed by atoms with E-state index in [0.717, 1.165) is 12.1 Å². The number of rotatable bonds is 2. The molecule has 0 bridgehead atoms. The van der Waals surface area contributed by atoms with Crippen molar-refractivity contribution in [3.05, 3.63) is 34.6 Å². The third-order valence-corrected chi connectivity index (χ3v) is 3.28. The molecule has 1 saturated heterocycles. The number of nitrogens with zero attached hydrogens (tertiary/aromatic N) is 1. The number of benzene rings is 1. The normalized spacial score (nSPS) is 26.1. The number of likely N-dealkylation sites (N-methyl/N-ethyl adjacent to an activating group) is 1. The lowest BCUT2D eigenvalue weighted by Gasteiger charge is -2.39. The molecule has 0 spiro atoms. The van der Waals surface area contributed by atoms with Gasteiger partial charge in [-0.3, -0.25) is 4.90 Å². The second kappa shape index (κ2) is 5.31. The molecule has 2 atom stereocenters. The second-order valence-corrected chi connectivity index (χ2v) is 4.71. The largest absolute Gasteiger partial charge is 0.374 e. The second-order valence-electron chi connectivity index (χ2n) is 4.27. The number of hydrogen-bond donors (Lipinski definition) is 1. The van der Waals surface area contributed by atoms with Gasteiger partial charge in [0.15, 0.2) is 0 Å². The monoisotopic (exact) mass is 258 g/mol. The molecular weight excluding hydrogens is 243 g/mol. The van der Waals surface area contributed by atoms with Gasteiger partial charge in [-0.1, -0.05) is 11.6 Å². The summed E-state index contributed by atoms with van der Waals surface area (Å²) in [6.07, 6.45) is -0.119. The van der Waals surface area contributed by atoms with Crippen LogP contribution in [0.15, 0.2) is 18.2 Å². The van der Waals surface area contributed by atoms with Crippen LogP contribution in [0.4, 0.5) is 4.39 Å². The lowest BCUT2D eigenvalue weighted by atomic mass is 9.98. The summed E-state index contributed by atoms with van der Waals surface area (Å²) in [7, 11) is 1.98. The predicted molar refractivity (Wildman–Crippen MR) is 65.6 cm³/mol. The number of halogens is 2. The number of ether oxygens (including phenoxy) is 1. The summed E-state index contributed by atoms with van der Waals surface area (Å²) in [6.45, 7) is 1.86. The summed E-state index contributed by atoms with van der Waals surface area (Å²) in [6, 6.07) is 4.52. The van der Waals surface area contributed by atoms with Crippen LogP contribution in [0.2, 0.25) is 5.02 Å². The van der Waals surface area contributed by atoms with Crippen LogP contribution in [-0.4, -0.2) is 37.7 Å². The van der Waals surface area contributed by atoms with Gasteiger partial charge >= 0.3 is 0 Å². The average molecular weight is 259 g/mol. The highest BCUT2D eigenvalue weighted by Crippen LogP contribution is 2.30. The van der Waals surface area contributed by atoms with E-state index in [4.69, 9.17) is 22.1 Å². The number of morpholine rings is 1. The smallest absolute Gasteiger partial charge is 0.125 e. The van der Waals surface area contributed by atoms with E-state index in [1.807, 2.05) is 7.05 Å². The van der Waals surface area contributed by atoms with Crippen LogP contribution in [-0.2, 0) is 4.74 Å². The molecular formula is C12H16ClFN2O. The van der Waals surface area contributed by atoms with Gasteiger partial charge in [0.25, 0.3) is 0 Å². The standard InChI is InChI=1S/C12H16ClFN2O/c1-16-2-3-17-11(7-15)12(16)8-4-9(13)6-10(14)5-8/h4-6,11-12H,2-3,7,15H2,1H3. The molecule has 1 aliphatic heterocycles. The molecule has 1 aromatic carbocycles. The molecule has 17 heavy (non-hydrogen) atoms. The zero-order chi connectivity index (χ0) is 12.4. The minimum atomic E-state index is -0.331. The van der Waals surface area contributed by atoms with E-state index in [1.54, 1.807) is 6.07 Å². The van der Waals surface area contributed by atoms with Gasteiger partial charge in [0.2, 0.25) is 0 Å². The first-order valence-electron chi connectivity index (χ1n) is 5.59. The van der Waals surface area contributed by atoms with Gasteiger partial charge in [0, 0.05) is 18.1 Å². The molecule has 1 aliphatic rings. The van der Waals surface area contributed by atoms with Crippen molar-refractivity contribution in [2.45, 2.75) is 12.1 Å². The van der Waals surface area contributed by atoms with Crippen LogP contribution in [0.1, 0.15) is 11.6 Å². The van der Waals surface area contributed by atoms with Crippen molar-refractivity contribution in [2.24, 2.45) is 5.73 Å². The SMILES string of the molecule is CN1CCOC(CN)C1c1cc(F)cc(Cl)c1. The topological polar surface area (TPSA) is 38.5 Å². The summed E-state index contributed by atoms with van der Waals surface area (Å²) < 4.78 is 19.0. The van der Waals surface area contributed by atoms with E-state index < -0.39 is 0 Å². The molecule has 0 radical (unpaired) electrons. The summed E-state index contributed by atoms with van der Waals surface area (Å²) in [5.74, 6) is -0.331. The van der Waals surface area contributed by atoms with Gasteiger partial charge < -0.3 is 10.5 Å². The highest BCUT2D eigenvalue weighted by Gasteiger charge is 2.30. The predicted octanol–water partition coefficient (Wildman–Crippen LogP) is 1.81. The van der Waals surface area contributed by atoms with Crippen LogP contribution < -0.4 is 5.73 Å². The van der Waals surface area contributed by atoms with Crippen molar-refractivity contribution in [3.8, 4) is 0 Å². The van der Waals surface area contributed by atoms with Gasteiger partial charge in [0.05, 0.1) is 18.8 Å². The maximum absolute atomic E-state index is 13.4. The first kappa shape index (κ1) is 12.8. The summed E-state index contributed by atoms with van der Waals surface area (Å²) in [5.41, 5.74) is 6.50. The Kier molecular flexibility index (Phi) is 3.99. The van der Waals surface area contributed by atoms with Crippen molar-refractivity contribution >= 4 is 11.6 Å². The van der Waals surface area contributed by atoms with Crippen molar-refractivity contribution in [1.82, 2.24) is 4.90 Å². The molecule has 94 valence electrons. The Morgan fingerprint density at radius 2 is 2.29 bits per heavy atom. The van der Waals surface area contributed by atoms with Gasteiger partial charge in [-0.05, 0) is 30.8 Å². The molecule has 1 fully saturated rings. The molecule has 2 N–H and O–H groups in total. The Bertz CT molecular complexity index is 382. The average Bonchev–Trinajstić information content (AvgIpc) is 2.27. The first-order chi connectivity index (χ1) is 8.11. The first-order valence-corrected chi connectivity index (χ1v) is 5.97. The fourth-order valence-corrected chi connectivity index (χ4v) is 2.50. The lowest BCUT2D eigenvalue weighted by molar-refractivity contribution is -0.0577. The van der Waals surface area contributed by atoms with E-state index in [0.29, 0.717) is 18.2 Å². The molecule has 3 nitrogen and oxygen atoms in total. The van der Waals surface area contributed by atoms with Crippen molar-refractivity contribution < 1.29 is 9.13 Å². The zero-order valence-electron chi connectivity index (χ0n) is 9.70. The van der Waals surface area contributed by atoms with E-state index in [2.05, 4.69) is 4.90 Å².